The van der Waals surface area contributed by atoms with Gasteiger partial charge in [-0.15, -0.1) is 11.3 Å². The molecule has 0 aliphatic heterocycles. The highest BCUT2D eigenvalue weighted by Crippen LogP contribution is 2.40. The van der Waals surface area contributed by atoms with Crippen LogP contribution in [-0.2, 0) is 6.42 Å². The number of carbonyl (C=O) groups is 1. The summed E-state index contributed by atoms with van der Waals surface area (Å²) in [5.74, 6) is 0.428. The van der Waals surface area contributed by atoms with Gasteiger partial charge in [0.05, 0.1) is 0 Å². The maximum Gasteiger partial charge on any atom is 0.321 e. The third kappa shape index (κ3) is 4.06. The minimum Gasteiger partial charge on any atom is -0.334 e. The van der Waals surface area contributed by atoms with Crippen LogP contribution in [0.2, 0.25) is 0 Å². The van der Waals surface area contributed by atoms with Gasteiger partial charge in [0.2, 0.25) is 0 Å². The number of aromatic nitrogens is 1. The number of nitrogens with zero attached hydrogens (tertiary/aromatic N) is 1. The number of nitrogens with one attached hydrogen (secondary N) is 2. The predicted molar refractivity (Wildman–Crippen MR) is 101 cm³/mol. The molecule has 0 spiro atoms. The summed E-state index contributed by atoms with van der Waals surface area (Å²) in [6.07, 6.45) is 3.66. The first-order valence-corrected chi connectivity index (χ1v) is 9.21. The van der Waals surface area contributed by atoms with Crippen molar-refractivity contribution in [1.82, 2.24) is 10.3 Å². The van der Waals surface area contributed by atoms with E-state index in [1.54, 1.807) is 0 Å². The predicted octanol–water partition coefficient (Wildman–Crippen LogP) is 4.41. The second-order valence-corrected chi connectivity index (χ2v) is 7.37. The highest BCUT2D eigenvalue weighted by atomic mass is 32.1. The molecule has 0 unspecified atom stereocenters. The molecule has 1 fully saturated rings. The number of carbonyl (C=O) groups excluding carboxylic acids is 1. The summed E-state index contributed by atoms with van der Waals surface area (Å²) in [7, 11) is 0. The Balaban J connectivity index is 1.29. The zero-order valence-electron chi connectivity index (χ0n) is 13.7. The monoisotopic (exact) mass is 349 g/mol. The van der Waals surface area contributed by atoms with Gasteiger partial charge >= 0.3 is 6.03 Å². The summed E-state index contributed by atoms with van der Waals surface area (Å²) in [6, 6.07) is 20.6. The van der Waals surface area contributed by atoms with E-state index >= 15 is 0 Å². The number of amides is 2. The lowest BCUT2D eigenvalue weighted by Gasteiger charge is -2.05. The fraction of sp³-hybridized carbons (Fsp3) is 0.200. The molecule has 0 radical (unpaired) electrons. The van der Waals surface area contributed by atoms with Gasteiger partial charge in [-0.25, -0.2) is 9.78 Å². The molecule has 1 aromatic heterocycles. The van der Waals surface area contributed by atoms with Gasteiger partial charge in [0.15, 0.2) is 5.13 Å². The van der Waals surface area contributed by atoms with Crippen molar-refractivity contribution in [2.24, 2.45) is 0 Å². The van der Waals surface area contributed by atoms with Crippen LogP contribution in [0.25, 0.3) is 0 Å². The normalized spacial score (nSPS) is 18.6. The quantitative estimate of drug-likeness (QED) is 0.717. The van der Waals surface area contributed by atoms with Crippen LogP contribution in [0.1, 0.15) is 28.3 Å². The molecule has 2 N–H and O–H groups in total. The molecule has 0 bridgehead atoms. The number of thiazole rings is 1. The van der Waals surface area contributed by atoms with Crippen molar-refractivity contribution in [3.63, 3.8) is 0 Å². The van der Waals surface area contributed by atoms with Crippen molar-refractivity contribution in [3.8, 4) is 0 Å². The summed E-state index contributed by atoms with van der Waals surface area (Å²) < 4.78 is 0. The summed E-state index contributed by atoms with van der Waals surface area (Å²) in [4.78, 5) is 17.6. The Labute approximate surface area is 150 Å². The molecule has 3 aromatic rings. The lowest BCUT2D eigenvalue weighted by atomic mass is 10.1. The van der Waals surface area contributed by atoms with E-state index in [1.807, 2.05) is 42.6 Å². The lowest BCUT2D eigenvalue weighted by Crippen LogP contribution is -2.31. The van der Waals surface area contributed by atoms with E-state index in [-0.39, 0.29) is 12.1 Å². The minimum atomic E-state index is -0.177. The topological polar surface area (TPSA) is 54.0 Å². The third-order valence-corrected chi connectivity index (χ3v) is 5.24. The molecule has 1 aliphatic carbocycles. The van der Waals surface area contributed by atoms with Gasteiger partial charge in [0, 0.05) is 29.5 Å². The first-order chi connectivity index (χ1) is 12.3. The van der Waals surface area contributed by atoms with Crippen LogP contribution in [0.4, 0.5) is 9.93 Å². The van der Waals surface area contributed by atoms with Crippen molar-refractivity contribution in [2.45, 2.75) is 24.8 Å². The molecule has 126 valence electrons. The molecule has 5 heteroatoms. The highest BCUT2D eigenvalue weighted by molar-refractivity contribution is 7.15. The molecule has 4 rings (SSSR count). The van der Waals surface area contributed by atoms with E-state index in [0.29, 0.717) is 11.0 Å². The van der Waals surface area contributed by atoms with E-state index in [4.69, 9.17) is 0 Å². The number of hydrogen-bond donors (Lipinski definition) is 2. The van der Waals surface area contributed by atoms with E-state index < -0.39 is 0 Å². The fourth-order valence-corrected chi connectivity index (χ4v) is 3.81. The number of urea groups is 1. The Bertz CT molecular complexity index is 848. The van der Waals surface area contributed by atoms with Crippen molar-refractivity contribution >= 4 is 22.5 Å². The van der Waals surface area contributed by atoms with Crippen LogP contribution in [0.15, 0.2) is 66.9 Å². The second kappa shape index (κ2) is 7.07. The van der Waals surface area contributed by atoms with E-state index in [0.717, 1.165) is 17.7 Å². The molecule has 1 aliphatic rings. The molecule has 2 amide bonds. The zero-order chi connectivity index (χ0) is 17.1. The van der Waals surface area contributed by atoms with Crippen LogP contribution in [0.5, 0.6) is 0 Å². The number of rotatable bonds is 5. The van der Waals surface area contributed by atoms with Gasteiger partial charge in [-0.2, -0.15) is 0 Å². The number of anilines is 1. The molecule has 1 saturated carbocycles. The highest BCUT2D eigenvalue weighted by Gasteiger charge is 2.39. The van der Waals surface area contributed by atoms with Crippen LogP contribution in [0, 0.1) is 0 Å². The average molecular weight is 349 g/mol. The van der Waals surface area contributed by atoms with E-state index in [1.165, 1.54) is 22.5 Å². The minimum absolute atomic E-state index is 0.177. The Kier molecular flexibility index (Phi) is 4.48. The Morgan fingerprint density at radius 3 is 2.56 bits per heavy atom. The zero-order valence-corrected chi connectivity index (χ0v) is 14.5. The van der Waals surface area contributed by atoms with Gasteiger partial charge in [0.25, 0.3) is 0 Å². The van der Waals surface area contributed by atoms with Crippen LogP contribution in [0.3, 0.4) is 0 Å². The van der Waals surface area contributed by atoms with Gasteiger partial charge in [0.1, 0.15) is 0 Å². The Morgan fingerprint density at radius 1 is 1.08 bits per heavy atom. The largest absolute Gasteiger partial charge is 0.334 e. The summed E-state index contributed by atoms with van der Waals surface area (Å²) in [6.45, 7) is 0. The molecule has 2 atom stereocenters. The van der Waals surface area contributed by atoms with E-state index in [9.17, 15) is 4.79 Å². The van der Waals surface area contributed by atoms with Gasteiger partial charge in [-0.05, 0) is 17.5 Å². The maximum absolute atomic E-state index is 12.2. The van der Waals surface area contributed by atoms with Crippen molar-refractivity contribution in [2.75, 3.05) is 5.32 Å². The molecule has 0 saturated heterocycles. The molecule has 1 heterocycles. The molecule has 2 aromatic carbocycles. The first kappa shape index (κ1) is 15.8. The first-order valence-electron chi connectivity index (χ1n) is 8.39. The van der Waals surface area contributed by atoms with Gasteiger partial charge in [-0.3, -0.25) is 5.32 Å². The van der Waals surface area contributed by atoms with Crippen molar-refractivity contribution in [3.05, 3.63) is 82.9 Å². The standard InChI is InChI=1S/C20H19N3OS/c24-19(22-18-12-17(18)15-9-5-2-6-10-15)23-20-21-13-16(25-20)11-14-7-3-1-4-8-14/h1-10,13,17-18H,11-12H2,(H2,21,22,23,24)/t17-,18-/m1/s1. The van der Waals surface area contributed by atoms with Gasteiger partial charge in [-0.1, -0.05) is 60.7 Å². The van der Waals surface area contributed by atoms with Crippen molar-refractivity contribution < 1.29 is 4.79 Å². The Hall–Kier alpha value is -2.66. The summed E-state index contributed by atoms with van der Waals surface area (Å²) in [5, 5.41) is 6.51. The molecular weight excluding hydrogens is 330 g/mol. The van der Waals surface area contributed by atoms with Gasteiger partial charge < -0.3 is 5.32 Å². The number of hydrogen-bond acceptors (Lipinski definition) is 3. The van der Waals surface area contributed by atoms with Crippen LogP contribution >= 0.6 is 11.3 Å². The summed E-state index contributed by atoms with van der Waals surface area (Å²) in [5.41, 5.74) is 2.53. The SMILES string of the molecule is O=C(Nc1ncc(Cc2ccccc2)s1)N[C@@H]1C[C@@H]1c1ccccc1. The molecular formula is C20H19N3OS. The van der Waals surface area contributed by atoms with Crippen LogP contribution < -0.4 is 10.6 Å². The summed E-state index contributed by atoms with van der Waals surface area (Å²) >= 11 is 1.52. The third-order valence-electron chi connectivity index (χ3n) is 4.33. The lowest BCUT2D eigenvalue weighted by molar-refractivity contribution is 0.251. The Morgan fingerprint density at radius 2 is 1.80 bits per heavy atom. The number of benzene rings is 2. The fourth-order valence-electron chi connectivity index (χ4n) is 2.97. The van der Waals surface area contributed by atoms with Crippen LogP contribution in [-0.4, -0.2) is 17.1 Å². The molecule has 4 nitrogen and oxygen atoms in total. The smallest absolute Gasteiger partial charge is 0.321 e. The maximum atomic E-state index is 12.2. The second-order valence-electron chi connectivity index (χ2n) is 6.25. The van der Waals surface area contributed by atoms with Crippen molar-refractivity contribution in [1.29, 1.82) is 0 Å². The molecule has 25 heavy (non-hydrogen) atoms. The van der Waals surface area contributed by atoms with E-state index in [2.05, 4.69) is 39.9 Å². The average Bonchev–Trinajstić information content (AvgIpc) is 3.26.